The van der Waals surface area contributed by atoms with Crippen LogP contribution in [-0.2, 0) is 13.0 Å². The van der Waals surface area contributed by atoms with Crippen molar-refractivity contribution in [3.63, 3.8) is 0 Å². The molecule has 4 heteroatoms. The number of carbonyl (C=O) groups excluding carboxylic acids is 1. The van der Waals surface area contributed by atoms with Crippen LogP contribution in [0.4, 0.5) is 0 Å². The summed E-state index contributed by atoms with van der Waals surface area (Å²) in [6.07, 6.45) is 0.812. The predicted molar refractivity (Wildman–Crippen MR) is 79.0 cm³/mol. The average Bonchev–Trinajstić information content (AvgIpc) is 2.91. The molecule has 0 aliphatic carbocycles. The van der Waals surface area contributed by atoms with Crippen LogP contribution >= 0.6 is 0 Å². The Hall–Kier alpha value is -2.75. The van der Waals surface area contributed by atoms with Gasteiger partial charge in [-0.15, -0.1) is 10.2 Å². The number of ketones is 1. The summed E-state index contributed by atoms with van der Waals surface area (Å²) in [5.41, 5.74) is 2.80. The molecule has 3 aromatic rings. The topological polar surface area (TPSA) is 47.8 Å². The van der Waals surface area contributed by atoms with Crippen LogP contribution in [0.25, 0.3) is 11.4 Å². The van der Waals surface area contributed by atoms with Gasteiger partial charge in [0.1, 0.15) is 0 Å². The summed E-state index contributed by atoms with van der Waals surface area (Å²) in [6, 6.07) is 17.6. The molecule has 102 valence electrons. The van der Waals surface area contributed by atoms with Gasteiger partial charge in [-0.1, -0.05) is 54.6 Å². The summed E-state index contributed by atoms with van der Waals surface area (Å²) in [4.78, 5) is 12.6. The van der Waals surface area contributed by atoms with Crippen LogP contribution in [0.5, 0.6) is 0 Å². The fraction of sp³-hybridized carbons (Fsp3) is 0.118. The fourth-order valence-corrected chi connectivity index (χ4v) is 2.80. The number of aromatic nitrogens is 3. The maximum Gasteiger partial charge on any atom is 0.230 e. The molecule has 0 fully saturated rings. The standard InChI is InChI=1S/C17H13N3O/c21-15-14-9-5-4-6-12(14)10-11-20-16(18-19-17(15)20)13-7-2-1-3-8-13/h1-9H,10-11H2. The molecule has 4 nitrogen and oxygen atoms in total. The number of hydrogen-bond donors (Lipinski definition) is 0. The lowest BCUT2D eigenvalue weighted by Crippen LogP contribution is -2.09. The highest BCUT2D eigenvalue weighted by Gasteiger charge is 2.25. The molecule has 0 bridgehead atoms. The monoisotopic (exact) mass is 275 g/mol. The zero-order valence-corrected chi connectivity index (χ0v) is 11.4. The summed E-state index contributed by atoms with van der Waals surface area (Å²) >= 11 is 0. The number of carbonyl (C=O) groups is 1. The summed E-state index contributed by atoms with van der Waals surface area (Å²) in [5, 5.41) is 8.36. The van der Waals surface area contributed by atoms with E-state index >= 15 is 0 Å². The van der Waals surface area contributed by atoms with E-state index in [4.69, 9.17) is 0 Å². The molecule has 0 atom stereocenters. The Morgan fingerprint density at radius 3 is 2.43 bits per heavy atom. The maximum absolute atomic E-state index is 12.6. The Labute approximate surface area is 122 Å². The molecule has 1 aliphatic rings. The summed E-state index contributed by atoms with van der Waals surface area (Å²) in [5.74, 6) is 1.14. The van der Waals surface area contributed by atoms with Crippen molar-refractivity contribution < 1.29 is 4.79 Å². The second-order valence-electron chi connectivity index (χ2n) is 5.10. The molecule has 2 aromatic carbocycles. The van der Waals surface area contributed by atoms with Crippen molar-refractivity contribution in [1.29, 1.82) is 0 Å². The number of nitrogens with zero attached hydrogens (tertiary/aromatic N) is 3. The lowest BCUT2D eigenvalue weighted by Gasteiger charge is -2.06. The van der Waals surface area contributed by atoms with E-state index in [1.54, 1.807) is 0 Å². The fourth-order valence-electron chi connectivity index (χ4n) is 2.80. The van der Waals surface area contributed by atoms with Crippen LogP contribution in [0.3, 0.4) is 0 Å². The first-order valence-electron chi connectivity index (χ1n) is 6.96. The van der Waals surface area contributed by atoms with Crippen molar-refractivity contribution in [3.8, 4) is 11.4 Å². The Morgan fingerprint density at radius 1 is 0.857 bits per heavy atom. The largest absolute Gasteiger partial charge is 0.304 e. The number of rotatable bonds is 1. The molecular weight excluding hydrogens is 262 g/mol. The summed E-state index contributed by atoms with van der Waals surface area (Å²) in [7, 11) is 0. The van der Waals surface area contributed by atoms with Crippen LogP contribution < -0.4 is 0 Å². The van der Waals surface area contributed by atoms with Crippen molar-refractivity contribution in [3.05, 3.63) is 71.5 Å². The highest BCUT2D eigenvalue weighted by Crippen LogP contribution is 2.24. The molecule has 0 saturated carbocycles. The highest BCUT2D eigenvalue weighted by atomic mass is 16.1. The number of aryl methyl sites for hydroxylation is 1. The van der Waals surface area contributed by atoms with E-state index in [0.29, 0.717) is 5.82 Å². The third kappa shape index (κ3) is 1.88. The summed E-state index contributed by atoms with van der Waals surface area (Å²) in [6.45, 7) is 0.718. The van der Waals surface area contributed by atoms with E-state index in [9.17, 15) is 4.79 Å². The summed E-state index contributed by atoms with van der Waals surface area (Å²) < 4.78 is 1.93. The number of fused-ring (bicyclic) bond motifs is 2. The molecular formula is C17H13N3O. The van der Waals surface area contributed by atoms with Crippen LogP contribution in [0.2, 0.25) is 0 Å². The van der Waals surface area contributed by atoms with Crippen molar-refractivity contribution >= 4 is 5.78 Å². The van der Waals surface area contributed by atoms with Crippen LogP contribution in [0, 0.1) is 0 Å². The highest BCUT2D eigenvalue weighted by molar-refractivity contribution is 6.08. The van der Waals surface area contributed by atoms with Gasteiger partial charge in [0.05, 0.1) is 0 Å². The second kappa shape index (κ2) is 4.66. The van der Waals surface area contributed by atoms with E-state index in [-0.39, 0.29) is 5.78 Å². The van der Waals surface area contributed by atoms with E-state index in [0.717, 1.165) is 35.5 Å². The van der Waals surface area contributed by atoms with Gasteiger partial charge in [0.15, 0.2) is 5.82 Å². The lowest BCUT2D eigenvalue weighted by molar-refractivity contribution is 0.102. The van der Waals surface area contributed by atoms with Gasteiger partial charge in [-0.3, -0.25) is 4.79 Å². The number of benzene rings is 2. The zero-order valence-electron chi connectivity index (χ0n) is 11.4. The first-order chi connectivity index (χ1) is 10.3. The van der Waals surface area contributed by atoms with Gasteiger partial charge < -0.3 is 4.57 Å². The Balaban J connectivity index is 1.87. The molecule has 1 aliphatic heterocycles. The molecule has 0 unspecified atom stereocenters. The van der Waals surface area contributed by atoms with Crippen molar-refractivity contribution in [2.75, 3.05) is 0 Å². The maximum atomic E-state index is 12.6. The van der Waals surface area contributed by atoms with Gasteiger partial charge in [-0.2, -0.15) is 0 Å². The Kier molecular flexibility index (Phi) is 2.67. The quantitative estimate of drug-likeness (QED) is 0.686. The van der Waals surface area contributed by atoms with E-state index < -0.39 is 0 Å². The minimum absolute atomic E-state index is 0.0437. The average molecular weight is 275 g/mol. The molecule has 2 heterocycles. The van der Waals surface area contributed by atoms with Gasteiger partial charge in [-0.25, -0.2) is 0 Å². The molecule has 0 amide bonds. The second-order valence-corrected chi connectivity index (χ2v) is 5.10. The van der Waals surface area contributed by atoms with E-state index in [2.05, 4.69) is 10.2 Å². The van der Waals surface area contributed by atoms with Crippen molar-refractivity contribution in [2.24, 2.45) is 0 Å². The first kappa shape index (κ1) is 12.0. The van der Waals surface area contributed by atoms with Gasteiger partial charge in [0, 0.05) is 17.7 Å². The van der Waals surface area contributed by atoms with Crippen LogP contribution in [0.15, 0.2) is 54.6 Å². The van der Waals surface area contributed by atoms with Crippen LogP contribution in [-0.4, -0.2) is 20.5 Å². The normalized spacial score (nSPS) is 13.4. The van der Waals surface area contributed by atoms with E-state index in [1.165, 1.54) is 0 Å². The molecule has 21 heavy (non-hydrogen) atoms. The predicted octanol–water partition coefficient (Wildman–Crippen LogP) is 2.73. The van der Waals surface area contributed by atoms with Gasteiger partial charge in [0.25, 0.3) is 0 Å². The molecule has 0 spiro atoms. The van der Waals surface area contributed by atoms with Gasteiger partial charge >= 0.3 is 0 Å². The first-order valence-corrected chi connectivity index (χ1v) is 6.96. The Bertz CT molecular complexity index is 821. The molecule has 0 radical (unpaired) electrons. The van der Waals surface area contributed by atoms with Gasteiger partial charge in [0.2, 0.25) is 11.6 Å². The van der Waals surface area contributed by atoms with Crippen molar-refractivity contribution in [1.82, 2.24) is 14.8 Å². The zero-order chi connectivity index (χ0) is 14.2. The SMILES string of the molecule is O=C1c2ccccc2CCn2c1nnc2-c1ccccc1. The lowest BCUT2D eigenvalue weighted by atomic mass is 10.0. The van der Waals surface area contributed by atoms with Gasteiger partial charge in [-0.05, 0) is 12.0 Å². The van der Waals surface area contributed by atoms with Crippen LogP contribution in [0.1, 0.15) is 21.7 Å². The van der Waals surface area contributed by atoms with E-state index in [1.807, 2.05) is 59.2 Å². The Morgan fingerprint density at radius 2 is 1.57 bits per heavy atom. The smallest absolute Gasteiger partial charge is 0.230 e. The molecule has 1 aromatic heterocycles. The molecule has 0 N–H and O–H groups in total. The third-order valence-corrected chi connectivity index (χ3v) is 3.85. The molecule has 0 saturated heterocycles. The minimum atomic E-state index is -0.0437. The molecule has 4 rings (SSSR count). The number of hydrogen-bond acceptors (Lipinski definition) is 3. The minimum Gasteiger partial charge on any atom is -0.304 e. The third-order valence-electron chi connectivity index (χ3n) is 3.85. The van der Waals surface area contributed by atoms with Crippen molar-refractivity contribution in [2.45, 2.75) is 13.0 Å².